The molecule has 3 unspecified atom stereocenters. The molecule has 6 heteroatoms. The second-order valence-electron chi connectivity index (χ2n) is 22.5. The van der Waals surface area contributed by atoms with Gasteiger partial charge in [-0.05, 0) is 119 Å². The SMILES string of the molecule is CC(C)(C)c1ccnc(-n2c3[c-]c(Oc4[c-]c(-n5[c-][n+]6c7c(cccc75)-c5ccccc5-c5cccc(C78c9ccccc9C9c%10ccccc%10C97c7ccccc78)c5-c5ccccc5-6)ccc4)ccc3c3ccccc32)c1.[Pt]. The van der Waals surface area contributed by atoms with Gasteiger partial charge in [0.05, 0.1) is 22.1 Å². The average Bonchev–Trinajstić information content (AvgIpc) is 2.65. The molecule has 13 aromatic rings. The van der Waals surface area contributed by atoms with Crippen LogP contribution in [0.1, 0.15) is 71.2 Å². The van der Waals surface area contributed by atoms with Crippen LogP contribution in [-0.2, 0) is 37.3 Å². The van der Waals surface area contributed by atoms with Crippen LogP contribution in [0.25, 0.3) is 83.4 Å². The third kappa shape index (κ3) is 5.93. The van der Waals surface area contributed by atoms with Crippen molar-refractivity contribution >= 4 is 32.8 Å². The van der Waals surface area contributed by atoms with E-state index in [0.29, 0.717) is 11.5 Å². The van der Waals surface area contributed by atoms with E-state index in [4.69, 9.17) is 9.72 Å². The van der Waals surface area contributed by atoms with Crippen molar-refractivity contribution in [2.45, 2.75) is 42.9 Å². The summed E-state index contributed by atoms with van der Waals surface area (Å²) in [6, 6.07) is 90.0. The molecule has 0 fully saturated rings. The fourth-order valence-corrected chi connectivity index (χ4v) is 14.9. The molecule has 5 nitrogen and oxygen atoms in total. The van der Waals surface area contributed by atoms with Crippen molar-refractivity contribution in [1.29, 1.82) is 0 Å². The van der Waals surface area contributed by atoms with E-state index < -0.39 is 5.41 Å². The van der Waals surface area contributed by atoms with Crippen LogP contribution in [0.5, 0.6) is 11.5 Å². The van der Waals surface area contributed by atoms with Crippen LogP contribution in [-0.4, -0.2) is 14.1 Å². The van der Waals surface area contributed by atoms with Crippen LogP contribution in [0.3, 0.4) is 0 Å². The number of benzene rings is 10. The monoisotopic (exact) mass is 1190 g/mol. The largest absolute Gasteiger partial charge is 0.510 e. The van der Waals surface area contributed by atoms with Crippen molar-refractivity contribution in [2.75, 3.05) is 0 Å². The Labute approximate surface area is 473 Å². The molecule has 0 saturated heterocycles. The number of pyridine rings is 1. The average molecular weight is 1190 g/mol. The Morgan fingerprint density at radius 2 is 1.14 bits per heavy atom. The first-order valence-corrected chi connectivity index (χ1v) is 27.1. The first kappa shape index (κ1) is 46.2. The normalized spacial score (nSPS) is 17.7. The predicted molar refractivity (Wildman–Crippen MR) is 310 cm³/mol. The number of rotatable bonds is 5. The number of ether oxygens (including phenoxy) is 1. The molecule has 0 saturated carbocycles. The first-order chi connectivity index (χ1) is 38.3. The summed E-state index contributed by atoms with van der Waals surface area (Å²) >= 11 is 0. The quantitative estimate of drug-likeness (QED) is 0.127. The van der Waals surface area contributed by atoms with Crippen LogP contribution >= 0.6 is 0 Å². The Hall–Kier alpha value is -8.89. The summed E-state index contributed by atoms with van der Waals surface area (Å²) in [5, 5.41) is 2.22. The fraction of sp³-hybridized carbons (Fsp3) is 0.0959. The van der Waals surface area contributed by atoms with Gasteiger partial charge >= 0.3 is 0 Å². The zero-order valence-corrected chi connectivity index (χ0v) is 45.8. The molecule has 1 spiro atoms. The van der Waals surface area contributed by atoms with E-state index in [1.165, 1.54) is 66.8 Å². The Kier molecular flexibility index (Phi) is 9.69. The van der Waals surface area contributed by atoms with Gasteiger partial charge in [-0.1, -0.05) is 196 Å². The molecule has 79 heavy (non-hydrogen) atoms. The van der Waals surface area contributed by atoms with Crippen molar-refractivity contribution in [3.05, 3.63) is 294 Å². The molecule has 1 aliphatic heterocycles. The molecule has 0 N–H and O–H groups in total. The van der Waals surface area contributed by atoms with Crippen molar-refractivity contribution in [3.63, 3.8) is 0 Å². The van der Waals surface area contributed by atoms with Gasteiger partial charge in [0.1, 0.15) is 5.82 Å². The van der Waals surface area contributed by atoms with Crippen LogP contribution in [0, 0.1) is 18.5 Å². The van der Waals surface area contributed by atoms with Crippen molar-refractivity contribution in [1.82, 2.24) is 14.1 Å². The van der Waals surface area contributed by atoms with Gasteiger partial charge in [0.25, 0.3) is 6.33 Å². The number of fused-ring (bicyclic) bond motifs is 17. The maximum Gasteiger partial charge on any atom is 0.268 e. The standard InChI is InChI=1S/C73H48N4O.Pt/c1-71(2,3)45-39-40-74-67(41-45)77-64-35-15-8-23-51(64)52-38-37-48(43-66(52)77)78-47-20-16-19-46(42-47)75-44-76-63-34-14-9-26-57(63)68-53(49-21-4-5-22-50(49)54-28-18-36-65(75)70(54)76)27-17-33-62(68)72-58-29-10-6-24-55(58)69-56-25-7-11-30-59(56)73(69,72)61-32-13-12-31-60(61)72;/h4-41,69H,1-3H3;/q-2;. The molecule has 378 valence electrons. The number of nitrogens with zero attached hydrogens (tertiary/aromatic N) is 4. The molecule has 4 heterocycles. The van der Waals surface area contributed by atoms with Gasteiger partial charge in [-0.15, -0.1) is 29.7 Å². The van der Waals surface area contributed by atoms with Gasteiger partial charge in [-0.3, -0.25) is 4.57 Å². The summed E-state index contributed by atoms with van der Waals surface area (Å²) in [6.07, 6.45) is 5.86. The summed E-state index contributed by atoms with van der Waals surface area (Å²) in [5.74, 6) is 2.25. The second kappa shape index (κ2) is 16.6. The molecular weight excluding hydrogens is 1140 g/mol. The Balaban J connectivity index is 0.00000520. The van der Waals surface area contributed by atoms with Gasteiger partial charge in [-0.25, -0.2) is 4.98 Å². The number of hydrogen-bond donors (Lipinski definition) is 0. The van der Waals surface area contributed by atoms with Crippen molar-refractivity contribution < 1.29 is 30.4 Å². The Morgan fingerprint density at radius 1 is 0.519 bits per heavy atom. The van der Waals surface area contributed by atoms with Crippen LogP contribution < -0.4 is 9.30 Å². The van der Waals surface area contributed by atoms with E-state index in [0.717, 1.165) is 61.2 Å². The van der Waals surface area contributed by atoms with E-state index in [1.54, 1.807) is 0 Å². The summed E-state index contributed by atoms with van der Waals surface area (Å²) in [4.78, 5) is 4.90. The Bertz CT molecular complexity index is 4740. The number of imidazole rings is 1. The van der Waals surface area contributed by atoms with Gasteiger partial charge in [0.15, 0.2) is 0 Å². The molecule has 0 amide bonds. The molecule has 0 bridgehead atoms. The number of aromatic nitrogens is 4. The molecule has 3 aliphatic carbocycles. The fourth-order valence-electron chi connectivity index (χ4n) is 14.9. The van der Waals surface area contributed by atoms with Crippen molar-refractivity contribution in [3.8, 4) is 62.1 Å². The van der Waals surface area contributed by atoms with Crippen LogP contribution in [0.15, 0.2) is 231 Å². The third-order valence-electron chi connectivity index (χ3n) is 17.8. The topological polar surface area (TPSA) is 35.9 Å². The first-order valence-electron chi connectivity index (χ1n) is 27.1. The minimum atomic E-state index is -0.453. The number of hydrogen-bond acceptors (Lipinski definition) is 2. The maximum absolute atomic E-state index is 6.79. The van der Waals surface area contributed by atoms with E-state index in [9.17, 15) is 0 Å². The van der Waals surface area contributed by atoms with Crippen molar-refractivity contribution in [2.24, 2.45) is 0 Å². The molecular formula is C73H48N4OPt-2. The molecule has 3 aromatic heterocycles. The zero-order valence-electron chi connectivity index (χ0n) is 43.5. The molecule has 0 radical (unpaired) electrons. The molecule has 10 aromatic carbocycles. The summed E-state index contributed by atoms with van der Waals surface area (Å²) in [5.41, 5.74) is 23.3. The van der Waals surface area contributed by atoms with E-state index in [-0.39, 0.29) is 37.8 Å². The zero-order chi connectivity index (χ0) is 51.6. The van der Waals surface area contributed by atoms with Gasteiger partial charge in [0.2, 0.25) is 0 Å². The minimum absolute atomic E-state index is 0. The summed E-state index contributed by atoms with van der Waals surface area (Å²) in [6.45, 7) is 6.70. The van der Waals surface area contributed by atoms with Gasteiger partial charge in [-0.2, -0.15) is 18.2 Å². The van der Waals surface area contributed by atoms with Gasteiger partial charge in [0, 0.05) is 55.6 Å². The number of para-hydroxylation sites is 3. The molecule has 4 aliphatic rings. The Morgan fingerprint density at radius 3 is 1.97 bits per heavy atom. The molecule has 3 atom stereocenters. The predicted octanol–water partition coefficient (Wildman–Crippen LogP) is 16.3. The smallest absolute Gasteiger partial charge is 0.268 e. The van der Waals surface area contributed by atoms with Crippen LogP contribution in [0.2, 0.25) is 0 Å². The van der Waals surface area contributed by atoms with Crippen LogP contribution in [0.4, 0.5) is 0 Å². The van der Waals surface area contributed by atoms with Gasteiger partial charge < -0.3 is 13.9 Å². The minimum Gasteiger partial charge on any atom is -0.510 e. The second-order valence-corrected chi connectivity index (χ2v) is 22.5. The van der Waals surface area contributed by atoms with E-state index >= 15 is 0 Å². The third-order valence-corrected chi connectivity index (χ3v) is 17.8. The van der Waals surface area contributed by atoms with E-state index in [1.807, 2.05) is 24.4 Å². The molecule has 17 rings (SSSR count). The summed E-state index contributed by atoms with van der Waals surface area (Å²) < 4.78 is 13.5. The summed E-state index contributed by atoms with van der Waals surface area (Å²) in [7, 11) is 0. The maximum atomic E-state index is 6.79. The van der Waals surface area contributed by atoms with E-state index in [2.05, 4.69) is 259 Å².